The van der Waals surface area contributed by atoms with Crippen molar-refractivity contribution in [1.29, 1.82) is 0 Å². The molecule has 1 aromatic carbocycles. The fourth-order valence-corrected chi connectivity index (χ4v) is 1.74. The molecular weight excluding hydrogens is 258 g/mol. The molecule has 5 nitrogen and oxygen atoms in total. The van der Waals surface area contributed by atoms with E-state index in [4.69, 9.17) is 14.3 Å². The van der Waals surface area contributed by atoms with Crippen LogP contribution in [0.4, 0.5) is 0 Å². The lowest BCUT2D eigenvalue weighted by molar-refractivity contribution is -0.136. The highest BCUT2D eigenvalue weighted by Crippen LogP contribution is 2.16. The molecule has 0 aliphatic rings. The number of carboxylic acid groups (broad SMARTS) is 1. The summed E-state index contributed by atoms with van der Waals surface area (Å²) in [4.78, 5) is 14.8. The van der Waals surface area contributed by atoms with Gasteiger partial charge in [0.05, 0.1) is 19.2 Å². The number of carboxylic acids is 1. The maximum Gasteiger partial charge on any atom is 0.309 e. The summed E-state index contributed by atoms with van der Waals surface area (Å²) in [5.41, 5.74) is 1.39. The van der Waals surface area contributed by atoms with Gasteiger partial charge in [0.1, 0.15) is 11.5 Å². The standard InChI is InChI=1S/C15H15NO4/c1-10-13(9-15(17)18)16-14(20-10)7-6-11-4-3-5-12(8-11)19-2/h3-8H,9H2,1-2H3,(H,17,18)/b7-6+. The van der Waals surface area contributed by atoms with Gasteiger partial charge in [0, 0.05) is 6.08 Å². The van der Waals surface area contributed by atoms with E-state index in [1.165, 1.54) is 0 Å². The van der Waals surface area contributed by atoms with Crippen molar-refractivity contribution >= 4 is 18.1 Å². The van der Waals surface area contributed by atoms with Crippen molar-refractivity contribution in [2.24, 2.45) is 0 Å². The number of hydrogen-bond acceptors (Lipinski definition) is 4. The van der Waals surface area contributed by atoms with Crippen molar-refractivity contribution in [3.05, 3.63) is 47.2 Å². The van der Waals surface area contributed by atoms with Crippen molar-refractivity contribution in [3.63, 3.8) is 0 Å². The Bertz CT molecular complexity index is 643. The number of methoxy groups -OCH3 is 1. The van der Waals surface area contributed by atoms with Gasteiger partial charge in [-0.3, -0.25) is 4.79 Å². The monoisotopic (exact) mass is 273 g/mol. The summed E-state index contributed by atoms with van der Waals surface area (Å²) in [6, 6.07) is 7.55. The normalized spacial score (nSPS) is 10.9. The summed E-state index contributed by atoms with van der Waals surface area (Å²) in [5.74, 6) is 0.756. The average Bonchev–Trinajstić information content (AvgIpc) is 2.76. The number of oxazole rings is 1. The Balaban J connectivity index is 2.16. The first-order valence-corrected chi connectivity index (χ1v) is 6.08. The van der Waals surface area contributed by atoms with Crippen molar-refractivity contribution in [3.8, 4) is 5.75 Å². The van der Waals surface area contributed by atoms with E-state index in [0.29, 0.717) is 17.3 Å². The SMILES string of the molecule is COc1cccc(/C=C/c2nc(CC(=O)O)c(C)o2)c1. The maximum atomic E-state index is 10.7. The Morgan fingerprint density at radius 3 is 2.95 bits per heavy atom. The molecule has 1 aromatic heterocycles. The number of benzene rings is 1. The van der Waals surface area contributed by atoms with Crippen molar-refractivity contribution in [1.82, 2.24) is 4.98 Å². The first-order chi connectivity index (χ1) is 9.58. The van der Waals surface area contributed by atoms with E-state index in [9.17, 15) is 4.79 Å². The van der Waals surface area contributed by atoms with Crippen LogP contribution in [0.25, 0.3) is 12.2 Å². The highest BCUT2D eigenvalue weighted by atomic mass is 16.5. The number of ether oxygens (including phenoxy) is 1. The molecule has 2 rings (SSSR count). The van der Waals surface area contributed by atoms with Gasteiger partial charge < -0.3 is 14.3 Å². The van der Waals surface area contributed by atoms with E-state index in [2.05, 4.69) is 4.98 Å². The zero-order chi connectivity index (χ0) is 14.5. The molecular formula is C15H15NO4. The Labute approximate surface area is 116 Å². The Hall–Kier alpha value is -2.56. The second-order valence-electron chi connectivity index (χ2n) is 4.24. The topological polar surface area (TPSA) is 72.6 Å². The fourth-order valence-electron chi connectivity index (χ4n) is 1.74. The molecule has 104 valence electrons. The minimum atomic E-state index is -0.926. The lowest BCUT2D eigenvalue weighted by Crippen LogP contribution is -2.01. The van der Waals surface area contributed by atoms with Gasteiger partial charge in [0.15, 0.2) is 0 Å². The molecule has 0 amide bonds. The number of rotatable bonds is 5. The van der Waals surface area contributed by atoms with Crippen LogP contribution in [-0.4, -0.2) is 23.2 Å². The summed E-state index contributed by atoms with van der Waals surface area (Å²) in [5, 5.41) is 8.75. The molecule has 0 fully saturated rings. The Morgan fingerprint density at radius 1 is 1.45 bits per heavy atom. The molecule has 1 heterocycles. The zero-order valence-corrected chi connectivity index (χ0v) is 11.3. The largest absolute Gasteiger partial charge is 0.497 e. The van der Waals surface area contributed by atoms with Crippen LogP contribution < -0.4 is 4.74 Å². The maximum absolute atomic E-state index is 10.7. The summed E-state index contributed by atoms with van der Waals surface area (Å²) >= 11 is 0. The average molecular weight is 273 g/mol. The van der Waals surface area contributed by atoms with Crippen LogP contribution in [0.3, 0.4) is 0 Å². The summed E-state index contributed by atoms with van der Waals surface area (Å²) in [6.45, 7) is 1.70. The second-order valence-corrected chi connectivity index (χ2v) is 4.24. The van der Waals surface area contributed by atoms with Gasteiger partial charge in [-0.1, -0.05) is 12.1 Å². The predicted octanol–water partition coefficient (Wildman–Crippen LogP) is 2.79. The molecule has 5 heteroatoms. The van der Waals surface area contributed by atoms with Crippen LogP contribution in [0.2, 0.25) is 0 Å². The van der Waals surface area contributed by atoms with E-state index < -0.39 is 5.97 Å². The number of aryl methyl sites for hydroxylation is 1. The van der Waals surface area contributed by atoms with Crippen molar-refractivity contribution in [2.45, 2.75) is 13.3 Å². The molecule has 0 aliphatic heterocycles. The van der Waals surface area contributed by atoms with Crippen LogP contribution >= 0.6 is 0 Å². The molecule has 0 saturated carbocycles. The molecule has 1 N–H and O–H groups in total. The first-order valence-electron chi connectivity index (χ1n) is 6.08. The molecule has 20 heavy (non-hydrogen) atoms. The third-order valence-corrected chi connectivity index (χ3v) is 2.74. The lowest BCUT2D eigenvalue weighted by Gasteiger charge is -1.99. The summed E-state index contributed by atoms with van der Waals surface area (Å²) < 4.78 is 10.5. The highest BCUT2D eigenvalue weighted by Gasteiger charge is 2.10. The van der Waals surface area contributed by atoms with E-state index in [1.807, 2.05) is 30.3 Å². The number of hydrogen-bond donors (Lipinski definition) is 1. The third kappa shape index (κ3) is 3.47. The molecule has 0 spiro atoms. The third-order valence-electron chi connectivity index (χ3n) is 2.74. The van der Waals surface area contributed by atoms with Gasteiger partial charge in [0.2, 0.25) is 5.89 Å². The molecule has 0 saturated heterocycles. The molecule has 0 aliphatic carbocycles. The molecule has 0 radical (unpaired) electrons. The van der Waals surface area contributed by atoms with Gasteiger partial charge >= 0.3 is 5.97 Å². The van der Waals surface area contributed by atoms with Gasteiger partial charge in [-0.25, -0.2) is 4.98 Å². The van der Waals surface area contributed by atoms with Crippen LogP contribution in [0.1, 0.15) is 22.9 Å². The number of nitrogens with zero attached hydrogens (tertiary/aromatic N) is 1. The van der Waals surface area contributed by atoms with Crippen LogP contribution in [0, 0.1) is 6.92 Å². The Kier molecular flexibility index (Phi) is 4.20. The minimum absolute atomic E-state index is 0.137. The van der Waals surface area contributed by atoms with Crippen LogP contribution in [0.5, 0.6) is 5.75 Å². The van der Waals surface area contributed by atoms with Crippen LogP contribution in [0.15, 0.2) is 28.7 Å². The molecule has 0 atom stereocenters. The van der Waals surface area contributed by atoms with E-state index >= 15 is 0 Å². The fraction of sp³-hybridized carbons (Fsp3) is 0.200. The minimum Gasteiger partial charge on any atom is -0.497 e. The van der Waals surface area contributed by atoms with E-state index in [1.54, 1.807) is 20.1 Å². The van der Waals surface area contributed by atoms with Gasteiger partial charge in [-0.05, 0) is 30.7 Å². The Morgan fingerprint density at radius 2 is 2.25 bits per heavy atom. The van der Waals surface area contributed by atoms with Crippen molar-refractivity contribution in [2.75, 3.05) is 7.11 Å². The highest BCUT2D eigenvalue weighted by molar-refractivity contribution is 5.70. The smallest absolute Gasteiger partial charge is 0.309 e. The summed E-state index contributed by atoms with van der Waals surface area (Å²) in [7, 11) is 1.61. The lowest BCUT2D eigenvalue weighted by atomic mass is 10.2. The zero-order valence-electron chi connectivity index (χ0n) is 11.3. The quantitative estimate of drug-likeness (QED) is 0.906. The van der Waals surface area contributed by atoms with Crippen LogP contribution in [-0.2, 0) is 11.2 Å². The van der Waals surface area contributed by atoms with E-state index in [-0.39, 0.29) is 6.42 Å². The van der Waals surface area contributed by atoms with Gasteiger partial charge in [-0.15, -0.1) is 0 Å². The summed E-state index contributed by atoms with van der Waals surface area (Å²) in [6.07, 6.45) is 3.40. The molecule has 0 unspecified atom stereocenters. The molecule has 2 aromatic rings. The number of carbonyl (C=O) groups is 1. The number of aromatic nitrogens is 1. The van der Waals surface area contributed by atoms with Crippen molar-refractivity contribution < 1.29 is 19.1 Å². The number of aliphatic carboxylic acids is 1. The van der Waals surface area contributed by atoms with Gasteiger partial charge in [0.25, 0.3) is 0 Å². The predicted molar refractivity (Wildman–Crippen MR) is 74.5 cm³/mol. The van der Waals surface area contributed by atoms with Gasteiger partial charge in [-0.2, -0.15) is 0 Å². The van der Waals surface area contributed by atoms with E-state index in [0.717, 1.165) is 11.3 Å². The molecule has 0 bridgehead atoms. The first kappa shape index (κ1) is 13.9. The second kappa shape index (κ2) is 6.06.